The number of nitrogens with one attached hydrogen (secondary N) is 2. The largest absolute Gasteiger partial charge is 0.467 e. The number of amides is 2. The minimum Gasteiger partial charge on any atom is -0.467 e. The third-order valence-electron chi connectivity index (χ3n) is 4.45. The van der Waals surface area contributed by atoms with Crippen molar-refractivity contribution in [3.8, 4) is 0 Å². The molecule has 5 nitrogen and oxygen atoms in total. The summed E-state index contributed by atoms with van der Waals surface area (Å²) in [7, 11) is 0. The molecule has 3 rings (SSSR count). The molecule has 2 aromatic carbocycles. The van der Waals surface area contributed by atoms with Gasteiger partial charge < -0.3 is 15.1 Å². The Bertz CT molecular complexity index is 973. The third-order valence-corrected chi connectivity index (χ3v) is 4.45. The van der Waals surface area contributed by atoms with Gasteiger partial charge in [0.15, 0.2) is 0 Å². The molecular weight excluding hydrogens is 364 g/mol. The molecule has 29 heavy (non-hydrogen) atoms. The average Bonchev–Trinajstić information content (AvgIpc) is 3.26. The van der Waals surface area contributed by atoms with Crippen LogP contribution in [-0.2, 0) is 11.3 Å². The maximum atomic E-state index is 12.7. The van der Waals surface area contributed by atoms with Crippen molar-refractivity contribution in [2.24, 2.45) is 0 Å². The van der Waals surface area contributed by atoms with Crippen molar-refractivity contribution < 1.29 is 14.0 Å². The third kappa shape index (κ3) is 5.69. The lowest BCUT2D eigenvalue weighted by molar-refractivity contribution is -0.118. The van der Waals surface area contributed by atoms with E-state index in [0.29, 0.717) is 17.2 Å². The highest BCUT2D eigenvalue weighted by molar-refractivity contribution is 6.05. The van der Waals surface area contributed by atoms with Crippen LogP contribution in [0.4, 0.5) is 0 Å². The molecule has 0 fully saturated rings. The molecule has 0 bridgehead atoms. The van der Waals surface area contributed by atoms with Gasteiger partial charge in [-0.05, 0) is 47.4 Å². The average molecular weight is 388 g/mol. The molecule has 2 amide bonds. The summed E-state index contributed by atoms with van der Waals surface area (Å²) in [6.45, 7) is 4.48. The van der Waals surface area contributed by atoms with Gasteiger partial charge in [0.2, 0.25) is 0 Å². The second-order valence-electron chi connectivity index (χ2n) is 6.96. The minimum atomic E-state index is -0.390. The van der Waals surface area contributed by atoms with Gasteiger partial charge in [0, 0.05) is 5.56 Å². The van der Waals surface area contributed by atoms with E-state index < -0.39 is 5.91 Å². The Morgan fingerprint density at radius 1 is 0.966 bits per heavy atom. The zero-order chi connectivity index (χ0) is 20.6. The van der Waals surface area contributed by atoms with Gasteiger partial charge in [-0.2, -0.15) is 0 Å². The zero-order valence-corrected chi connectivity index (χ0v) is 16.5. The van der Waals surface area contributed by atoms with Gasteiger partial charge in [0.25, 0.3) is 11.8 Å². The lowest BCUT2D eigenvalue weighted by Crippen LogP contribution is -2.34. The van der Waals surface area contributed by atoms with Crippen molar-refractivity contribution in [2.45, 2.75) is 26.3 Å². The number of hydrogen-bond donors (Lipinski definition) is 2. The Labute approximate surface area is 170 Å². The van der Waals surface area contributed by atoms with Gasteiger partial charge >= 0.3 is 0 Å². The van der Waals surface area contributed by atoms with Gasteiger partial charge in [-0.25, -0.2) is 0 Å². The molecule has 0 unspecified atom stereocenters. The Morgan fingerprint density at radius 2 is 1.69 bits per heavy atom. The highest BCUT2D eigenvalue weighted by atomic mass is 16.3. The van der Waals surface area contributed by atoms with Crippen molar-refractivity contribution >= 4 is 17.9 Å². The van der Waals surface area contributed by atoms with E-state index in [1.807, 2.05) is 30.3 Å². The molecule has 148 valence electrons. The first-order valence-electron chi connectivity index (χ1n) is 9.51. The van der Waals surface area contributed by atoms with Gasteiger partial charge in [0.1, 0.15) is 11.5 Å². The lowest BCUT2D eigenvalue weighted by Gasteiger charge is -2.11. The first-order chi connectivity index (χ1) is 14.0. The quantitative estimate of drug-likeness (QED) is 0.586. The van der Waals surface area contributed by atoms with Crippen LogP contribution in [0.2, 0.25) is 0 Å². The van der Waals surface area contributed by atoms with Crippen LogP contribution in [-0.4, -0.2) is 11.8 Å². The fourth-order valence-corrected chi connectivity index (χ4v) is 2.76. The fraction of sp³-hybridized carbons (Fsp3) is 0.167. The van der Waals surface area contributed by atoms with E-state index in [1.54, 1.807) is 48.7 Å². The summed E-state index contributed by atoms with van der Waals surface area (Å²) in [5.74, 6) is 0.317. The van der Waals surface area contributed by atoms with Gasteiger partial charge in [0.05, 0.1) is 12.8 Å². The van der Waals surface area contributed by atoms with Gasteiger partial charge in [-0.15, -0.1) is 0 Å². The summed E-state index contributed by atoms with van der Waals surface area (Å²) in [5.41, 5.74) is 2.68. The second kappa shape index (κ2) is 9.55. The molecule has 0 spiro atoms. The number of carbonyl (C=O) groups excluding carboxylic acids is 2. The van der Waals surface area contributed by atoms with Crippen LogP contribution in [0.1, 0.15) is 47.0 Å². The predicted molar refractivity (Wildman–Crippen MR) is 113 cm³/mol. The van der Waals surface area contributed by atoms with Crippen LogP contribution in [0.3, 0.4) is 0 Å². The Hall–Kier alpha value is -3.60. The normalized spacial score (nSPS) is 11.3. The van der Waals surface area contributed by atoms with Crippen LogP contribution in [0.5, 0.6) is 0 Å². The SMILES string of the molecule is CC(C)c1ccc(/C=C(/NC(=O)c2ccccc2)C(=O)NCc2ccco2)cc1. The van der Waals surface area contributed by atoms with Gasteiger partial charge in [-0.3, -0.25) is 9.59 Å². The molecule has 5 heteroatoms. The van der Waals surface area contributed by atoms with Crippen molar-refractivity contribution in [3.63, 3.8) is 0 Å². The van der Waals surface area contributed by atoms with Crippen LogP contribution in [0, 0.1) is 0 Å². The number of benzene rings is 2. The number of hydrogen-bond acceptors (Lipinski definition) is 3. The van der Waals surface area contributed by atoms with Crippen LogP contribution < -0.4 is 10.6 Å². The molecule has 0 radical (unpaired) electrons. The standard InChI is InChI=1S/C24H24N2O3/c1-17(2)19-12-10-18(11-13-19)15-22(24(28)25-16-21-9-6-14-29-21)26-23(27)20-7-4-3-5-8-20/h3-15,17H,16H2,1-2H3,(H,25,28)(H,26,27)/b22-15+. The number of furan rings is 1. The maximum Gasteiger partial charge on any atom is 0.268 e. The van der Waals surface area contributed by atoms with Crippen molar-refractivity contribution in [1.82, 2.24) is 10.6 Å². The van der Waals surface area contributed by atoms with Crippen molar-refractivity contribution in [1.29, 1.82) is 0 Å². The summed E-state index contributed by atoms with van der Waals surface area (Å²) in [6, 6.07) is 20.2. The van der Waals surface area contributed by atoms with E-state index in [-0.39, 0.29) is 18.1 Å². The highest BCUT2D eigenvalue weighted by Gasteiger charge is 2.15. The molecule has 2 N–H and O–H groups in total. The van der Waals surface area contributed by atoms with E-state index >= 15 is 0 Å². The molecule has 0 saturated heterocycles. The van der Waals surface area contributed by atoms with Crippen molar-refractivity contribution in [2.75, 3.05) is 0 Å². The van der Waals surface area contributed by atoms with E-state index in [9.17, 15) is 9.59 Å². The topological polar surface area (TPSA) is 71.3 Å². The monoisotopic (exact) mass is 388 g/mol. The predicted octanol–water partition coefficient (Wildman–Crippen LogP) is 4.49. The summed E-state index contributed by atoms with van der Waals surface area (Å²) < 4.78 is 5.25. The maximum absolute atomic E-state index is 12.7. The molecule has 0 aliphatic carbocycles. The number of carbonyl (C=O) groups is 2. The molecule has 1 heterocycles. The Balaban J connectivity index is 1.81. The van der Waals surface area contributed by atoms with E-state index in [2.05, 4.69) is 24.5 Å². The summed E-state index contributed by atoms with van der Waals surface area (Å²) >= 11 is 0. The van der Waals surface area contributed by atoms with Crippen LogP contribution in [0.15, 0.2) is 83.1 Å². The summed E-state index contributed by atoms with van der Waals surface area (Å²) in [4.78, 5) is 25.3. The van der Waals surface area contributed by atoms with E-state index in [0.717, 1.165) is 5.56 Å². The molecular formula is C24H24N2O3. The molecule has 0 atom stereocenters. The molecule has 0 saturated carbocycles. The lowest BCUT2D eigenvalue weighted by atomic mass is 10.0. The molecule has 3 aromatic rings. The van der Waals surface area contributed by atoms with E-state index in [4.69, 9.17) is 4.42 Å². The molecule has 0 aliphatic rings. The van der Waals surface area contributed by atoms with Gasteiger partial charge in [-0.1, -0.05) is 56.3 Å². The van der Waals surface area contributed by atoms with E-state index in [1.165, 1.54) is 5.56 Å². The number of rotatable bonds is 7. The van der Waals surface area contributed by atoms with Crippen molar-refractivity contribution in [3.05, 3.63) is 101 Å². The zero-order valence-electron chi connectivity index (χ0n) is 16.5. The summed E-state index contributed by atoms with van der Waals surface area (Å²) in [6.07, 6.45) is 3.22. The van der Waals surface area contributed by atoms with Crippen LogP contribution >= 0.6 is 0 Å². The minimum absolute atomic E-state index is 0.169. The smallest absolute Gasteiger partial charge is 0.268 e. The summed E-state index contributed by atoms with van der Waals surface area (Å²) in [5, 5.41) is 5.50. The molecule has 0 aliphatic heterocycles. The first-order valence-corrected chi connectivity index (χ1v) is 9.51. The first kappa shape index (κ1) is 20.1. The highest BCUT2D eigenvalue weighted by Crippen LogP contribution is 2.16. The Kier molecular flexibility index (Phi) is 6.63. The fourth-order valence-electron chi connectivity index (χ4n) is 2.76. The Morgan fingerprint density at radius 3 is 2.31 bits per heavy atom. The molecule has 1 aromatic heterocycles. The van der Waals surface area contributed by atoms with Crippen LogP contribution in [0.25, 0.3) is 6.08 Å². The second-order valence-corrected chi connectivity index (χ2v) is 6.96.